The zero-order valence-electron chi connectivity index (χ0n) is 12.4. The SMILES string of the molecule is Cl.Cl.O=C(CC1CSCCN1)N1CCCCC1c1nccs1. The van der Waals surface area contributed by atoms with Gasteiger partial charge in [-0.3, -0.25) is 4.79 Å². The molecule has 3 rings (SSSR count). The molecule has 1 N–H and O–H groups in total. The molecule has 2 unspecified atom stereocenters. The maximum absolute atomic E-state index is 12.6. The number of thioether (sulfide) groups is 1. The fourth-order valence-electron chi connectivity index (χ4n) is 2.96. The average Bonchev–Trinajstić information content (AvgIpc) is 3.02. The number of carbonyl (C=O) groups is 1. The number of halogens is 2. The summed E-state index contributed by atoms with van der Waals surface area (Å²) >= 11 is 3.62. The lowest BCUT2D eigenvalue weighted by Gasteiger charge is -2.36. The lowest BCUT2D eigenvalue weighted by Crippen LogP contribution is -2.45. The Balaban J connectivity index is 0.00000121. The molecule has 4 nitrogen and oxygen atoms in total. The van der Waals surface area contributed by atoms with Gasteiger partial charge in [0.2, 0.25) is 5.91 Å². The van der Waals surface area contributed by atoms with Gasteiger partial charge in [0.15, 0.2) is 0 Å². The first-order chi connectivity index (χ1) is 9.84. The van der Waals surface area contributed by atoms with E-state index in [4.69, 9.17) is 0 Å². The molecule has 126 valence electrons. The number of hydrogen-bond acceptors (Lipinski definition) is 5. The van der Waals surface area contributed by atoms with Gasteiger partial charge in [-0.25, -0.2) is 4.98 Å². The van der Waals surface area contributed by atoms with E-state index in [9.17, 15) is 4.79 Å². The third kappa shape index (κ3) is 4.99. The van der Waals surface area contributed by atoms with E-state index in [-0.39, 0.29) is 30.9 Å². The Kier molecular flexibility index (Phi) is 9.09. The van der Waals surface area contributed by atoms with E-state index in [0.717, 1.165) is 42.4 Å². The molecule has 0 saturated carbocycles. The zero-order valence-corrected chi connectivity index (χ0v) is 15.7. The summed E-state index contributed by atoms with van der Waals surface area (Å²) in [6.45, 7) is 1.92. The van der Waals surface area contributed by atoms with Crippen LogP contribution in [0.4, 0.5) is 0 Å². The van der Waals surface area contributed by atoms with Crippen molar-refractivity contribution < 1.29 is 4.79 Å². The normalized spacial score (nSPS) is 25.0. The quantitative estimate of drug-likeness (QED) is 0.870. The molecule has 0 aliphatic carbocycles. The maximum atomic E-state index is 12.6. The number of likely N-dealkylation sites (tertiary alicyclic amines) is 1. The topological polar surface area (TPSA) is 45.2 Å². The monoisotopic (exact) mass is 383 g/mol. The standard InChI is InChI=1S/C14H21N3OS2.2ClH/c18-13(9-11-10-19-7-4-15-11)17-6-2-1-3-12(17)14-16-5-8-20-14;;/h5,8,11-12,15H,1-4,6-7,9-10H2;2*1H. The first-order valence-electron chi connectivity index (χ1n) is 7.34. The third-order valence-corrected chi connectivity index (χ3v) is 5.99. The molecule has 0 radical (unpaired) electrons. The second kappa shape index (κ2) is 9.98. The molecule has 2 fully saturated rings. The second-order valence-corrected chi connectivity index (χ2v) is 7.48. The molecule has 1 amide bonds. The molecule has 3 heterocycles. The van der Waals surface area contributed by atoms with E-state index < -0.39 is 0 Å². The highest BCUT2D eigenvalue weighted by Crippen LogP contribution is 2.32. The maximum Gasteiger partial charge on any atom is 0.224 e. The van der Waals surface area contributed by atoms with Crippen LogP contribution in [0.1, 0.15) is 36.7 Å². The van der Waals surface area contributed by atoms with Gasteiger partial charge in [-0.1, -0.05) is 0 Å². The Hall–Kier alpha value is -0.0100. The molecule has 1 aromatic heterocycles. The van der Waals surface area contributed by atoms with Crippen LogP contribution < -0.4 is 5.32 Å². The highest BCUT2D eigenvalue weighted by molar-refractivity contribution is 7.99. The number of piperidine rings is 1. The molecule has 22 heavy (non-hydrogen) atoms. The van der Waals surface area contributed by atoms with Crippen molar-refractivity contribution in [3.05, 3.63) is 16.6 Å². The second-order valence-electron chi connectivity index (χ2n) is 5.40. The summed E-state index contributed by atoms with van der Waals surface area (Å²) in [6, 6.07) is 0.563. The summed E-state index contributed by atoms with van der Waals surface area (Å²) in [7, 11) is 0. The Bertz CT molecular complexity index is 441. The Morgan fingerprint density at radius 1 is 1.41 bits per heavy atom. The van der Waals surface area contributed by atoms with Gasteiger partial charge in [-0.05, 0) is 19.3 Å². The van der Waals surface area contributed by atoms with Gasteiger partial charge in [-0.2, -0.15) is 11.8 Å². The number of nitrogens with zero attached hydrogens (tertiary/aromatic N) is 2. The Morgan fingerprint density at radius 2 is 2.27 bits per heavy atom. The van der Waals surface area contributed by atoms with Crippen molar-refractivity contribution in [3.63, 3.8) is 0 Å². The predicted octanol–water partition coefficient (Wildman–Crippen LogP) is 3.14. The number of carbonyl (C=O) groups excluding carboxylic acids is 1. The summed E-state index contributed by atoms with van der Waals surface area (Å²) < 4.78 is 0. The molecule has 2 atom stereocenters. The van der Waals surface area contributed by atoms with Crippen molar-refractivity contribution in [2.75, 3.05) is 24.6 Å². The number of hydrogen-bond donors (Lipinski definition) is 1. The average molecular weight is 384 g/mol. The van der Waals surface area contributed by atoms with Crippen LogP contribution in [0.3, 0.4) is 0 Å². The van der Waals surface area contributed by atoms with E-state index in [1.807, 2.05) is 23.3 Å². The van der Waals surface area contributed by atoms with Crippen molar-refractivity contribution in [3.8, 4) is 0 Å². The molecule has 0 spiro atoms. The van der Waals surface area contributed by atoms with Gasteiger partial charge in [0.05, 0.1) is 6.04 Å². The Labute approximate surface area is 152 Å². The number of nitrogens with one attached hydrogen (secondary N) is 1. The summed E-state index contributed by atoms with van der Waals surface area (Å²) in [4.78, 5) is 19.1. The van der Waals surface area contributed by atoms with Gasteiger partial charge in [0.1, 0.15) is 5.01 Å². The van der Waals surface area contributed by atoms with Crippen molar-refractivity contribution in [2.24, 2.45) is 0 Å². The van der Waals surface area contributed by atoms with Gasteiger partial charge in [0, 0.05) is 48.6 Å². The smallest absolute Gasteiger partial charge is 0.224 e. The molecular formula is C14H23Cl2N3OS2. The highest BCUT2D eigenvalue weighted by Gasteiger charge is 2.30. The minimum Gasteiger partial charge on any atom is -0.333 e. The van der Waals surface area contributed by atoms with Gasteiger partial charge >= 0.3 is 0 Å². The predicted molar refractivity (Wildman–Crippen MR) is 98.6 cm³/mol. The molecule has 0 aromatic carbocycles. The van der Waals surface area contributed by atoms with E-state index in [1.165, 1.54) is 6.42 Å². The fraction of sp³-hybridized carbons (Fsp3) is 0.714. The minimum absolute atomic E-state index is 0. The van der Waals surface area contributed by atoms with E-state index in [0.29, 0.717) is 18.4 Å². The van der Waals surface area contributed by atoms with Crippen molar-refractivity contribution in [2.45, 2.75) is 37.8 Å². The molecule has 2 saturated heterocycles. The van der Waals surface area contributed by atoms with Crippen LogP contribution in [0.25, 0.3) is 0 Å². The number of amides is 1. The molecule has 2 aliphatic heterocycles. The van der Waals surface area contributed by atoms with Crippen LogP contribution >= 0.6 is 47.9 Å². The first kappa shape index (κ1) is 20.0. The lowest BCUT2D eigenvalue weighted by molar-refractivity contribution is -0.135. The van der Waals surface area contributed by atoms with Gasteiger partial charge in [-0.15, -0.1) is 36.2 Å². The van der Waals surface area contributed by atoms with Crippen molar-refractivity contribution >= 4 is 53.8 Å². The molecular weight excluding hydrogens is 361 g/mol. The molecule has 0 bridgehead atoms. The van der Waals surface area contributed by atoms with Gasteiger partial charge < -0.3 is 10.2 Å². The first-order valence-corrected chi connectivity index (χ1v) is 9.38. The summed E-state index contributed by atoms with van der Waals surface area (Å²) in [5.41, 5.74) is 0. The molecule has 2 aliphatic rings. The van der Waals surface area contributed by atoms with E-state index >= 15 is 0 Å². The molecule has 1 aromatic rings. The van der Waals surface area contributed by atoms with Crippen LogP contribution in [0.2, 0.25) is 0 Å². The minimum atomic E-state index is 0. The van der Waals surface area contributed by atoms with Crippen LogP contribution in [-0.2, 0) is 4.79 Å². The third-order valence-electron chi connectivity index (χ3n) is 3.98. The summed E-state index contributed by atoms with van der Waals surface area (Å²) in [5, 5.41) is 6.56. The van der Waals surface area contributed by atoms with Crippen LogP contribution in [0, 0.1) is 0 Å². The van der Waals surface area contributed by atoms with Crippen LogP contribution in [-0.4, -0.2) is 46.4 Å². The van der Waals surface area contributed by atoms with Gasteiger partial charge in [0.25, 0.3) is 0 Å². The van der Waals surface area contributed by atoms with Crippen molar-refractivity contribution in [1.29, 1.82) is 0 Å². The van der Waals surface area contributed by atoms with Crippen LogP contribution in [0.5, 0.6) is 0 Å². The summed E-state index contributed by atoms with van der Waals surface area (Å²) in [6.07, 6.45) is 5.86. The highest BCUT2D eigenvalue weighted by atomic mass is 35.5. The van der Waals surface area contributed by atoms with E-state index in [1.54, 1.807) is 11.3 Å². The lowest BCUT2D eigenvalue weighted by atomic mass is 10.0. The largest absolute Gasteiger partial charge is 0.333 e. The number of thiazole rings is 1. The summed E-state index contributed by atoms with van der Waals surface area (Å²) in [5.74, 6) is 2.52. The van der Waals surface area contributed by atoms with E-state index in [2.05, 4.69) is 15.2 Å². The molecule has 8 heteroatoms. The van der Waals surface area contributed by atoms with Crippen LogP contribution in [0.15, 0.2) is 11.6 Å². The number of rotatable bonds is 3. The van der Waals surface area contributed by atoms with Crippen molar-refractivity contribution in [1.82, 2.24) is 15.2 Å². The number of aromatic nitrogens is 1. The zero-order chi connectivity index (χ0) is 13.8. The Morgan fingerprint density at radius 3 is 2.95 bits per heavy atom. The fourth-order valence-corrected chi connectivity index (χ4v) is 4.70.